The molecule has 0 fully saturated rings. The first-order chi connectivity index (χ1) is 8.84. The van der Waals surface area contributed by atoms with Gasteiger partial charge in [-0.05, 0) is 29.7 Å². The fourth-order valence-electron chi connectivity index (χ4n) is 2.08. The summed E-state index contributed by atoms with van der Waals surface area (Å²) >= 11 is 0. The second-order valence-electron chi connectivity index (χ2n) is 4.13. The normalized spacial score (nSPS) is 10.5. The quantitative estimate of drug-likeness (QED) is 0.679. The first-order valence-electron chi connectivity index (χ1n) is 5.84. The second kappa shape index (κ2) is 4.49. The fourth-order valence-corrected chi connectivity index (χ4v) is 2.08. The lowest BCUT2D eigenvalue weighted by Gasteiger charge is -2.10. The van der Waals surface area contributed by atoms with Crippen LogP contribution in [0.3, 0.4) is 0 Å². The van der Waals surface area contributed by atoms with Gasteiger partial charge < -0.3 is 5.32 Å². The third kappa shape index (κ3) is 1.93. The molecule has 0 atom stereocenters. The molecule has 0 aliphatic rings. The van der Waals surface area contributed by atoms with Gasteiger partial charge >= 0.3 is 0 Å². The Labute approximate surface area is 105 Å². The van der Waals surface area contributed by atoms with Gasteiger partial charge in [0.05, 0.1) is 0 Å². The van der Waals surface area contributed by atoms with Crippen molar-refractivity contribution >= 4 is 22.1 Å². The van der Waals surface area contributed by atoms with Gasteiger partial charge in [0.15, 0.2) is 0 Å². The van der Waals surface area contributed by atoms with Crippen molar-refractivity contribution in [3.63, 3.8) is 0 Å². The number of halogens is 1. The van der Waals surface area contributed by atoms with Gasteiger partial charge in [0.1, 0.15) is 5.82 Å². The molecule has 3 rings (SSSR count). The summed E-state index contributed by atoms with van der Waals surface area (Å²) < 4.78 is 13.9. The highest BCUT2D eigenvalue weighted by Gasteiger charge is 2.05. The van der Waals surface area contributed by atoms with Crippen LogP contribution in [0.4, 0.5) is 15.8 Å². The molecule has 0 saturated heterocycles. The van der Waals surface area contributed by atoms with Crippen LogP contribution < -0.4 is 5.32 Å². The maximum Gasteiger partial charge on any atom is 0.133 e. The van der Waals surface area contributed by atoms with E-state index in [1.165, 1.54) is 6.07 Å². The van der Waals surface area contributed by atoms with Crippen LogP contribution >= 0.6 is 0 Å². The molecule has 3 aromatic rings. The minimum Gasteiger partial charge on any atom is -0.355 e. The van der Waals surface area contributed by atoms with E-state index in [1.807, 2.05) is 54.6 Å². The van der Waals surface area contributed by atoms with Crippen LogP contribution in [-0.2, 0) is 0 Å². The zero-order chi connectivity index (χ0) is 12.4. The van der Waals surface area contributed by atoms with Crippen LogP contribution in [-0.4, -0.2) is 0 Å². The highest BCUT2D eigenvalue weighted by atomic mass is 19.1. The fraction of sp³-hybridized carbons (Fsp3) is 0. The van der Waals surface area contributed by atoms with Crippen LogP contribution in [0, 0.1) is 5.82 Å². The van der Waals surface area contributed by atoms with Crippen molar-refractivity contribution in [3.8, 4) is 0 Å². The maximum atomic E-state index is 13.9. The van der Waals surface area contributed by atoms with Crippen molar-refractivity contribution < 1.29 is 4.39 Å². The van der Waals surface area contributed by atoms with Gasteiger partial charge in [0, 0.05) is 16.8 Å². The molecule has 0 unspecified atom stereocenters. The number of hydrogen-bond acceptors (Lipinski definition) is 1. The molecule has 0 aliphatic carbocycles. The number of para-hydroxylation sites is 1. The molecule has 0 heterocycles. The van der Waals surface area contributed by atoms with E-state index in [1.54, 1.807) is 6.07 Å². The van der Waals surface area contributed by atoms with Crippen LogP contribution in [0.15, 0.2) is 66.7 Å². The van der Waals surface area contributed by atoms with Crippen molar-refractivity contribution in [1.29, 1.82) is 0 Å². The van der Waals surface area contributed by atoms with Crippen molar-refractivity contribution in [3.05, 3.63) is 72.5 Å². The number of hydrogen-bond donors (Lipinski definition) is 1. The molecule has 0 saturated carbocycles. The second-order valence-corrected chi connectivity index (χ2v) is 4.13. The Balaban J connectivity index is 2.12. The van der Waals surface area contributed by atoms with Crippen LogP contribution in [0.5, 0.6) is 0 Å². The lowest BCUT2D eigenvalue weighted by molar-refractivity contribution is 0.640. The van der Waals surface area contributed by atoms with Gasteiger partial charge in [0.2, 0.25) is 0 Å². The Morgan fingerprint density at radius 1 is 0.722 bits per heavy atom. The molecule has 0 bridgehead atoms. The first-order valence-corrected chi connectivity index (χ1v) is 5.84. The molecule has 0 aromatic heterocycles. The molecule has 2 heteroatoms. The molecular formula is C16H12FN. The minimum absolute atomic E-state index is 0.202. The molecule has 0 aliphatic heterocycles. The summed E-state index contributed by atoms with van der Waals surface area (Å²) in [7, 11) is 0. The topological polar surface area (TPSA) is 12.0 Å². The first kappa shape index (κ1) is 10.8. The molecule has 0 spiro atoms. The monoisotopic (exact) mass is 237 g/mol. The molecule has 0 radical (unpaired) electrons. The van der Waals surface area contributed by atoms with Gasteiger partial charge in [-0.3, -0.25) is 0 Å². The summed E-state index contributed by atoms with van der Waals surface area (Å²) in [5.74, 6) is -0.202. The van der Waals surface area contributed by atoms with E-state index < -0.39 is 0 Å². The molecule has 1 nitrogen and oxygen atoms in total. The third-order valence-corrected chi connectivity index (χ3v) is 2.91. The number of fused-ring (bicyclic) bond motifs is 1. The number of nitrogens with one attached hydrogen (secondary N) is 1. The van der Waals surface area contributed by atoms with Crippen molar-refractivity contribution in [1.82, 2.24) is 0 Å². The number of rotatable bonds is 2. The Hall–Kier alpha value is -2.35. The minimum atomic E-state index is -0.202. The van der Waals surface area contributed by atoms with Crippen LogP contribution in [0.1, 0.15) is 0 Å². The molecule has 3 aromatic carbocycles. The van der Waals surface area contributed by atoms with Gasteiger partial charge in [-0.15, -0.1) is 0 Å². The summed E-state index contributed by atoms with van der Waals surface area (Å²) in [6.07, 6.45) is 0. The summed E-state index contributed by atoms with van der Waals surface area (Å²) in [4.78, 5) is 0. The molecular weight excluding hydrogens is 225 g/mol. The van der Waals surface area contributed by atoms with Crippen LogP contribution in [0.2, 0.25) is 0 Å². The van der Waals surface area contributed by atoms with E-state index in [-0.39, 0.29) is 5.82 Å². The molecule has 0 amide bonds. The van der Waals surface area contributed by atoms with E-state index in [4.69, 9.17) is 0 Å². The summed E-state index contributed by atoms with van der Waals surface area (Å²) in [5, 5.41) is 4.78. The number of anilines is 2. The molecule has 1 N–H and O–H groups in total. The average Bonchev–Trinajstić information content (AvgIpc) is 2.40. The largest absolute Gasteiger partial charge is 0.355 e. The van der Waals surface area contributed by atoms with Gasteiger partial charge in [-0.2, -0.15) is 0 Å². The van der Waals surface area contributed by atoms with E-state index in [9.17, 15) is 4.39 Å². The summed E-state index contributed by atoms with van der Waals surface area (Å²) in [6.45, 7) is 0. The summed E-state index contributed by atoms with van der Waals surface area (Å²) in [6, 6.07) is 20.6. The predicted molar refractivity (Wildman–Crippen MR) is 73.6 cm³/mol. The number of benzene rings is 3. The lowest BCUT2D eigenvalue weighted by Crippen LogP contribution is -1.92. The Morgan fingerprint density at radius 3 is 2.22 bits per heavy atom. The van der Waals surface area contributed by atoms with Crippen molar-refractivity contribution in [2.75, 3.05) is 5.32 Å². The van der Waals surface area contributed by atoms with E-state index in [2.05, 4.69) is 5.32 Å². The van der Waals surface area contributed by atoms with E-state index in [0.717, 1.165) is 16.8 Å². The SMILES string of the molecule is Fc1cccc2cccc(Nc3ccccc3)c12. The smallest absolute Gasteiger partial charge is 0.133 e. The predicted octanol–water partition coefficient (Wildman–Crippen LogP) is 4.72. The van der Waals surface area contributed by atoms with Crippen LogP contribution in [0.25, 0.3) is 10.8 Å². The zero-order valence-corrected chi connectivity index (χ0v) is 9.73. The zero-order valence-electron chi connectivity index (χ0n) is 9.73. The summed E-state index contributed by atoms with van der Waals surface area (Å²) in [5.41, 5.74) is 1.74. The van der Waals surface area contributed by atoms with Crippen molar-refractivity contribution in [2.45, 2.75) is 0 Å². The van der Waals surface area contributed by atoms with Crippen molar-refractivity contribution in [2.24, 2.45) is 0 Å². The van der Waals surface area contributed by atoms with E-state index in [0.29, 0.717) is 5.39 Å². The lowest BCUT2D eigenvalue weighted by atomic mass is 10.1. The molecule has 18 heavy (non-hydrogen) atoms. The Morgan fingerprint density at radius 2 is 1.44 bits per heavy atom. The highest BCUT2D eigenvalue weighted by molar-refractivity contribution is 5.95. The third-order valence-electron chi connectivity index (χ3n) is 2.91. The highest BCUT2D eigenvalue weighted by Crippen LogP contribution is 2.28. The van der Waals surface area contributed by atoms with E-state index >= 15 is 0 Å². The average molecular weight is 237 g/mol. The Kier molecular flexibility index (Phi) is 2.69. The molecule has 88 valence electrons. The standard InChI is InChI=1S/C16H12FN/c17-14-10-4-6-12-7-5-11-15(16(12)14)18-13-8-2-1-3-9-13/h1-11,18H. The Bertz CT molecular complexity index is 672. The van der Waals surface area contributed by atoms with Gasteiger partial charge in [-0.25, -0.2) is 4.39 Å². The van der Waals surface area contributed by atoms with Gasteiger partial charge in [-0.1, -0.05) is 42.5 Å². The van der Waals surface area contributed by atoms with Gasteiger partial charge in [0.25, 0.3) is 0 Å². The maximum absolute atomic E-state index is 13.9.